The van der Waals surface area contributed by atoms with Crippen LogP contribution in [0.15, 0.2) is 29.4 Å². The highest BCUT2D eigenvalue weighted by atomic mass is 35.5. The first-order valence-corrected chi connectivity index (χ1v) is 7.97. The van der Waals surface area contributed by atoms with Crippen LogP contribution in [-0.2, 0) is 16.6 Å². The number of halogens is 3. The first-order valence-electron chi connectivity index (χ1n) is 5.73. The topological polar surface area (TPSA) is 90.0 Å². The van der Waals surface area contributed by atoms with Crippen molar-refractivity contribution in [2.75, 3.05) is 11.3 Å². The predicted molar refractivity (Wildman–Crippen MR) is 78.5 cm³/mol. The van der Waals surface area contributed by atoms with Gasteiger partial charge in [0.2, 0.25) is 0 Å². The Bertz CT molecular complexity index is 740. The summed E-state index contributed by atoms with van der Waals surface area (Å²) in [4.78, 5) is -0.0765. The summed E-state index contributed by atoms with van der Waals surface area (Å²) in [6, 6.07) is 1.92. The number of sulfonamides is 1. The van der Waals surface area contributed by atoms with Gasteiger partial charge in [0.15, 0.2) is 0 Å². The van der Waals surface area contributed by atoms with E-state index < -0.39 is 15.8 Å². The summed E-state index contributed by atoms with van der Waals surface area (Å²) in [5.74, 6) is -0.663. The van der Waals surface area contributed by atoms with Gasteiger partial charge in [0, 0.05) is 12.7 Å². The van der Waals surface area contributed by atoms with Crippen LogP contribution in [0.2, 0.25) is 10.0 Å². The fourth-order valence-corrected chi connectivity index (χ4v) is 3.29. The zero-order valence-electron chi connectivity index (χ0n) is 10.6. The van der Waals surface area contributed by atoms with Gasteiger partial charge in [0.25, 0.3) is 10.0 Å². The number of hydrogen-bond acceptors (Lipinski definition) is 4. The van der Waals surface area contributed by atoms with E-state index >= 15 is 0 Å². The lowest BCUT2D eigenvalue weighted by Crippen LogP contribution is -2.14. The highest BCUT2D eigenvalue weighted by Gasteiger charge is 2.20. The number of aromatic nitrogens is 2. The average Bonchev–Trinajstić information content (AvgIpc) is 2.84. The summed E-state index contributed by atoms with van der Waals surface area (Å²) in [6.07, 6.45) is 2.49. The molecule has 0 fully saturated rings. The normalized spacial score (nSPS) is 11.6. The third-order valence-electron chi connectivity index (χ3n) is 2.52. The number of hydrogen-bond donors (Lipinski definition) is 2. The molecule has 0 atom stereocenters. The number of benzene rings is 1. The minimum Gasteiger partial charge on any atom is -0.329 e. The standard InChI is InChI=1S/C11H11Cl2FN4O2S/c12-9-3-7(14)4-10(13)11(9)17-21(19,20)8-5-16-18(6-8)2-1-15/h3-6,17H,1-2,15H2. The molecule has 0 saturated heterocycles. The van der Waals surface area contributed by atoms with Crippen molar-refractivity contribution in [3.05, 3.63) is 40.4 Å². The number of anilines is 1. The van der Waals surface area contributed by atoms with Crippen molar-refractivity contribution in [1.29, 1.82) is 0 Å². The van der Waals surface area contributed by atoms with E-state index in [2.05, 4.69) is 9.82 Å². The molecular formula is C11H11Cl2FN4O2S. The van der Waals surface area contributed by atoms with Crippen LogP contribution in [0.3, 0.4) is 0 Å². The molecule has 1 aromatic heterocycles. The van der Waals surface area contributed by atoms with Crippen LogP contribution in [0.4, 0.5) is 10.1 Å². The van der Waals surface area contributed by atoms with Gasteiger partial charge in [-0.3, -0.25) is 9.40 Å². The number of nitrogens with zero attached hydrogens (tertiary/aromatic N) is 2. The van der Waals surface area contributed by atoms with Crippen molar-refractivity contribution in [2.45, 2.75) is 11.4 Å². The Kier molecular flexibility index (Phi) is 4.72. The lowest BCUT2D eigenvalue weighted by atomic mass is 10.3. The Labute approximate surface area is 130 Å². The first-order chi connectivity index (χ1) is 9.83. The van der Waals surface area contributed by atoms with Crippen LogP contribution in [0.25, 0.3) is 0 Å². The quantitative estimate of drug-likeness (QED) is 0.861. The summed E-state index contributed by atoms with van der Waals surface area (Å²) in [6.45, 7) is 0.706. The monoisotopic (exact) mass is 352 g/mol. The van der Waals surface area contributed by atoms with E-state index in [0.29, 0.717) is 13.1 Å². The number of nitrogens with two attached hydrogens (primary N) is 1. The fourth-order valence-electron chi connectivity index (χ4n) is 1.57. The molecule has 0 amide bonds. The fraction of sp³-hybridized carbons (Fsp3) is 0.182. The molecule has 2 aromatic rings. The molecule has 1 heterocycles. The van der Waals surface area contributed by atoms with Gasteiger partial charge in [0.05, 0.1) is 28.5 Å². The Morgan fingerprint density at radius 1 is 1.33 bits per heavy atom. The molecule has 0 aliphatic carbocycles. The van der Waals surface area contributed by atoms with Crippen LogP contribution in [0, 0.1) is 5.82 Å². The van der Waals surface area contributed by atoms with Gasteiger partial charge in [0.1, 0.15) is 10.7 Å². The van der Waals surface area contributed by atoms with Crippen molar-refractivity contribution in [2.24, 2.45) is 5.73 Å². The minimum atomic E-state index is -3.93. The summed E-state index contributed by atoms with van der Waals surface area (Å²) in [5, 5.41) is 3.58. The average molecular weight is 353 g/mol. The maximum atomic E-state index is 13.1. The summed E-state index contributed by atoms with van der Waals surface area (Å²) < 4.78 is 41.1. The Morgan fingerprint density at radius 2 is 1.95 bits per heavy atom. The maximum Gasteiger partial charge on any atom is 0.265 e. The van der Waals surface area contributed by atoms with Crippen LogP contribution in [0.5, 0.6) is 0 Å². The van der Waals surface area contributed by atoms with Gasteiger partial charge in [-0.05, 0) is 12.1 Å². The second kappa shape index (κ2) is 6.18. The largest absolute Gasteiger partial charge is 0.329 e. The maximum absolute atomic E-state index is 13.1. The van der Waals surface area contributed by atoms with Crippen LogP contribution in [0.1, 0.15) is 0 Å². The number of rotatable bonds is 5. The number of nitrogens with one attached hydrogen (secondary N) is 1. The van der Waals surface area contributed by atoms with E-state index in [9.17, 15) is 12.8 Å². The van der Waals surface area contributed by atoms with Crippen molar-refractivity contribution in [1.82, 2.24) is 9.78 Å². The van der Waals surface area contributed by atoms with E-state index in [0.717, 1.165) is 12.1 Å². The summed E-state index contributed by atoms with van der Waals surface area (Å²) in [5.41, 5.74) is 5.27. The summed E-state index contributed by atoms with van der Waals surface area (Å²) in [7, 11) is -3.93. The van der Waals surface area contributed by atoms with Gasteiger partial charge in [-0.25, -0.2) is 12.8 Å². The molecule has 0 unspecified atom stereocenters. The molecule has 114 valence electrons. The summed E-state index contributed by atoms with van der Waals surface area (Å²) >= 11 is 11.6. The Balaban J connectivity index is 2.33. The molecule has 10 heteroatoms. The SMILES string of the molecule is NCCn1cc(S(=O)(=O)Nc2c(Cl)cc(F)cc2Cl)cn1. The Hall–Kier alpha value is -1.35. The zero-order chi connectivity index (χ0) is 15.6. The van der Waals surface area contributed by atoms with Crippen molar-refractivity contribution in [3.63, 3.8) is 0 Å². The van der Waals surface area contributed by atoms with E-state index in [1.54, 1.807) is 0 Å². The predicted octanol–water partition coefficient (Wildman–Crippen LogP) is 2.09. The van der Waals surface area contributed by atoms with E-state index in [1.807, 2.05) is 0 Å². The van der Waals surface area contributed by atoms with E-state index in [4.69, 9.17) is 28.9 Å². The van der Waals surface area contributed by atoms with Gasteiger partial charge in [-0.15, -0.1) is 0 Å². The lowest BCUT2D eigenvalue weighted by molar-refractivity contribution is 0.599. The molecule has 0 aliphatic rings. The van der Waals surface area contributed by atoms with Gasteiger partial charge < -0.3 is 5.73 Å². The second-order valence-electron chi connectivity index (χ2n) is 4.08. The molecule has 21 heavy (non-hydrogen) atoms. The smallest absolute Gasteiger partial charge is 0.265 e. The van der Waals surface area contributed by atoms with Crippen molar-refractivity contribution >= 4 is 38.9 Å². The molecule has 6 nitrogen and oxygen atoms in total. The molecular weight excluding hydrogens is 342 g/mol. The van der Waals surface area contributed by atoms with Gasteiger partial charge in [-0.2, -0.15) is 5.10 Å². The highest BCUT2D eigenvalue weighted by Crippen LogP contribution is 2.33. The highest BCUT2D eigenvalue weighted by molar-refractivity contribution is 7.92. The van der Waals surface area contributed by atoms with Crippen molar-refractivity contribution < 1.29 is 12.8 Å². The first kappa shape index (κ1) is 16.0. The molecule has 0 spiro atoms. The lowest BCUT2D eigenvalue weighted by Gasteiger charge is -2.10. The molecule has 0 saturated carbocycles. The third-order valence-corrected chi connectivity index (χ3v) is 4.42. The molecule has 3 N–H and O–H groups in total. The molecule has 0 radical (unpaired) electrons. The third kappa shape index (κ3) is 3.65. The minimum absolute atomic E-state index is 0.0765. The Morgan fingerprint density at radius 3 is 2.52 bits per heavy atom. The van der Waals surface area contributed by atoms with Crippen LogP contribution < -0.4 is 10.5 Å². The molecule has 0 bridgehead atoms. The second-order valence-corrected chi connectivity index (χ2v) is 6.57. The molecule has 0 aliphatic heterocycles. The van der Waals surface area contributed by atoms with Crippen molar-refractivity contribution in [3.8, 4) is 0 Å². The van der Waals surface area contributed by atoms with E-state index in [1.165, 1.54) is 17.1 Å². The molecule has 1 aromatic carbocycles. The van der Waals surface area contributed by atoms with Crippen LogP contribution in [-0.4, -0.2) is 24.7 Å². The van der Waals surface area contributed by atoms with Gasteiger partial charge >= 0.3 is 0 Å². The van der Waals surface area contributed by atoms with Crippen LogP contribution >= 0.6 is 23.2 Å². The van der Waals surface area contributed by atoms with Gasteiger partial charge in [-0.1, -0.05) is 23.2 Å². The molecule has 2 rings (SSSR count). The zero-order valence-corrected chi connectivity index (χ0v) is 12.9. The van der Waals surface area contributed by atoms with E-state index in [-0.39, 0.29) is 20.6 Å².